The molecule has 5 N–H and O–H groups in total. The van der Waals surface area contributed by atoms with Gasteiger partial charge in [0.25, 0.3) is 10.2 Å². The number of hydrogen-bond donors (Lipinski definition) is 3. The molecule has 1 aromatic carbocycles. The van der Waals surface area contributed by atoms with Gasteiger partial charge in [0, 0.05) is 17.8 Å². The SMILES string of the molecule is CC(C)(C)NS(=O)(=O)N(CC(N)=O)Cc1cccc(N)c1. The number of hydrogen-bond acceptors (Lipinski definition) is 4. The topological polar surface area (TPSA) is 119 Å². The summed E-state index contributed by atoms with van der Waals surface area (Å²) in [6.45, 7) is 4.76. The summed E-state index contributed by atoms with van der Waals surface area (Å²) < 4.78 is 28.2. The second kappa shape index (κ2) is 6.42. The molecule has 1 amide bonds. The fraction of sp³-hybridized carbons (Fsp3) is 0.462. The molecule has 0 unspecified atom stereocenters. The van der Waals surface area contributed by atoms with Gasteiger partial charge in [-0.3, -0.25) is 4.79 Å². The van der Waals surface area contributed by atoms with E-state index in [-0.39, 0.29) is 6.54 Å². The van der Waals surface area contributed by atoms with Gasteiger partial charge in [-0.15, -0.1) is 0 Å². The zero-order valence-corrected chi connectivity index (χ0v) is 13.3. The molecule has 0 fully saturated rings. The Morgan fingerprint density at radius 3 is 2.43 bits per heavy atom. The Hall–Kier alpha value is -1.64. The highest BCUT2D eigenvalue weighted by atomic mass is 32.2. The average molecular weight is 314 g/mol. The van der Waals surface area contributed by atoms with E-state index >= 15 is 0 Å². The van der Waals surface area contributed by atoms with Crippen LogP contribution in [0.5, 0.6) is 0 Å². The van der Waals surface area contributed by atoms with Gasteiger partial charge >= 0.3 is 0 Å². The molecule has 0 radical (unpaired) electrons. The van der Waals surface area contributed by atoms with Crippen molar-refractivity contribution in [2.75, 3.05) is 12.3 Å². The third-order valence-corrected chi connectivity index (χ3v) is 4.23. The summed E-state index contributed by atoms with van der Waals surface area (Å²) in [4.78, 5) is 11.1. The lowest BCUT2D eigenvalue weighted by atomic mass is 10.1. The van der Waals surface area contributed by atoms with Crippen molar-refractivity contribution in [3.63, 3.8) is 0 Å². The molecule has 0 spiro atoms. The molecule has 0 aromatic heterocycles. The molecular weight excluding hydrogens is 292 g/mol. The van der Waals surface area contributed by atoms with Crippen molar-refractivity contribution in [1.82, 2.24) is 9.03 Å². The van der Waals surface area contributed by atoms with Crippen molar-refractivity contribution >= 4 is 21.8 Å². The minimum absolute atomic E-state index is 0.0133. The zero-order valence-electron chi connectivity index (χ0n) is 12.5. The standard InChI is InChI=1S/C13H22N4O3S/c1-13(2,3)16-21(19,20)17(9-12(15)18)8-10-5-4-6-11(14)7-10/h4-7,16H,8-9,14H2,1-3H3,(H2,15,18). The highest BCUT2D eigenvalue weighted by molar-refractivity contribution is 7.87. The molecule has 118 valence electrons. The first-order valence-electron chi connectivity index (χ1n) is 6.41. The highest BCUT2D eigenvalue weighted by Gasteiger charge is 2.28. The zero-order chi connectivity index (χ0) is 16.3. The largest absolute Gasteiger partial charge is 0.399 e. The van der Waals surface area contributed by atoms with Gasteiger partial charge in [-0.05, 0) is 38.5 Å². The number of carbonyl (C=O) groups excluding carboxylic acids is 1. The summed E-state index contributed by atoms with van der Waals surface area (Å²) in [7, 11) is -3.84. The molecule has 1 aromatic rings. The van der Waals surface area contributed by atoms with Crippen molar-refractivity contribution in [3.8, 4) is 0 Å². The molecule has 0 saturated carbocycles. The van der Waals surface area contributed by atoms with Crippen LogP contribution in [-0.2, 0) is 21.5 Å². The van der Waals surface area contributed by atoms with Gasteiger partial charge in [0.1, 0.15) is 0 Å². The highest BCUT2D eigenvalue weighted by Crippen LogP contribution is 2.13. The second-order valence-corrected chi connectivity index (χ2v) is 7.51. The summed E-state index contributed by atoms with van der Waals surface area (Å²) in [6, 6.07) is 6.80. The van der Waals surface area contributed by atoms with Crippen LogP contribution in [0.1, 0.15) is 26.3 Å². The molecule has 0 saturated heterocycles. The molecule has 0 atom stereocenters. The molecule has 0 aliphatic heterocycles. The van der Waals surface area contributed by atoms with Crippen LogP contribution in [0, 0.1) is 0 Å². The summed E-state index contributed by atoms with van der Waals surface area (Å²) in [5.41, 5.74) is 11.3. The van der Waals surface area contributed by atoms with Crippen molar-refractivity contribution in [2.24, 2.45) is 5.73 Å². The Morgan fingerprint density at radius 1 is 1.33 bits per heavy atom. The molecule has 1 rings (SSSR count). The fourth-order valence-corrected chi connectivity index (χ4v) is 3.27. The summed E-state index contributed by atoms with van der Waals surface area (Å²) in [5.74, 6) is -0.724. The van der Waals surface area contributed by atoms with Crippen LogP contribution in [0.3, 0.4) is 0 Å². The van der Waals surface area contributed by atoms with Crippen molar-refractivity contribution in [1.29, 1.82) is 0 Å². The van der Waals surface area contributed by atoms with Crippen LogP contribution in [0.15, 0.2) is 24.3 Å². The van der Waals surface area contributed by atoms with Crippen molar-refractivity contribution in [2.45, 2.75) is 32.9 Å². The minimum Gasteiger partial charge on any atom is -0.399 e. The van der Waals surface area contributed by atoms with Gasteiger partial charge in [-0.2, -0.15) is 17.4 Å². The molecule has 0 heterocycles. The molecular formula is C13H22N4O3S. The summed E-state index contributed by atoms with van der Waals surface area (Å²) in [6.07, 6.45) is 0. The van der Waals surface area contributed by atoms with E-state index in [0.29, 0.717) is 11.3 Å². The number of anilines is 1. The van der Waals surface area contributed by atoms with Crippen molar-refractivity contribution in [3.05, 3.63) is 29.8 Å². The first-order valence-corrected chi connectivity index (χ1v) is 7.85. The van der Waals surface area contributed by atoms with E-state index in [9.17, 15) is 13.2 Å². The Balaban J connectivity index is 3.03. The monoisotopic (exact) mass is 314 g/mol. The van der Waals surface area contributed by atoms with Crippen LogP contribution in [-0.4, -0.2) is 30.7 Å². The number of amides is 1. The van der Waals surface area contributed by atoms with E-state index in [1.165, 1.54) is 0 Å². The molecule has 0 bridgehead atoms. The van der Waals surface area contributed by atoms with Crippen LogP contribution in [0.4, 0.5) is 5.69 Å². The van der Waals surface area contributed by atoms with E-state index in [1.54, 1.807) is 45.0 Å². The van der Waals surface area contributed by atoms with Gasteiger partial charge in [0.2, 0.25) is 5.91 Å². The Morgan fingerprint density at radius 2 is 1.95 bits per heavy atom. The number of nitrogens with two attached hydrogens (primary N) is 2. The van der Waals surface area contributed by atoms with E-state index in [1.807, 2.05) is 0 Å². The van der Waals surface area contributed by atoms with Crippen LogP contribution < -0.4 is 16.2 Å². The average Bonchev–Trinajstić information content (AvgIpc) is 2.24. The maximum atomic E-state index is 12.3. The van der Waals surface area contributed by atoms with E-state index in [4.69, 9.17) is 11.5 Å². The summed E-state index contributed by atoms with van der Waals surface area (Å²) in [5, 5.41) is 0. The lowest BCUT2D eigenvalue weighted by molar-refractivity contribution is -0.118. The minimum atomic E-state index is -3.84. The van der Waals surface area contributed by atoms with E-state index in [2.05, 4.69) is 4.72 Å². The Labute approximate surface area is 125 Å². The number of benzene rings is 1. The number of nitrogen functional groups attached to an aromatic ring is 1. The maximum Gasteiger partial charge on any atom is 0.280 e. The van der Waals surface area contributed by atoms with Crippen molar-refractivity contribution < 1.29 is 13.2 Å². The van der Waals surface area contributed by atoms with Gasteiger partial charge in [0.05, 0.1) is 6.54 Å². The molecule has 21 heavy (non-hydrogen) atoms. The van der Waals surface area contributed by atoms with Crippen LogP contribution in [0.25, 0.3) is 0 Å². The third kappa shape index (κ3) is 6.11. The third-order valence-electron chi connectivity index (χ3n) is 2.42. The van der Waals surface area contributed by atoms with Gasteiger partial charge in [-0.25, -0.2) is 0 Å². The number of primary amides is 1. The molecule has 7 nitrogen and oxygen atoms in total. The Kier molecular flexibility index (Phi) is 5.32. The normalized spacial score (nSPS) is 12.6. The van der Waals surface area contributed by atoms with E-state index in [0.717, 1.165) is 4.31 Å². The van der Waals surface area contributed by atoms with E-state index < -0.39 is 28.2 Å². The molecule has 0 aliphatic rings. The second-order valence-electron chi connectivity index (χ2n) is 5.84. The molecule has 0 aliphatic carbocycles. The lowest BCUT2D eigenvalue weighted by Gasteiger charge is -2.27. The quantitative estimate of drug-likeness (QED) is 0.649. The van der Waals surface area contributed by atoms with Gasteiger partial charge in [-0.1, -0.05) is 12.1 Å². The first-order chi connectivity index (χ1) is 9.49. The Bertz CT molecular complexity index is 608. The maximum absolute atomic E-state index is 12.3. The van der Waals surface area contributed by atoms with Gasteiger partial charge < -0.3 is 11.5 Å². The number of nitrogens with zero attached hydrogens (tertiary/aromatic N) is 1. The fourth-order valence-electron chi connectivity index (χ4n) is 1.75. The van der Waals surface area contributed by atoms with Crippen LogP contribution >= 0.6 is 0 Å². The number of nitrogens with one attached hydrogen (secondary N) is 1. The predicted molar refractivity (Wildman–Crippen MR) is 82.3 cm³/mol. The van der Waals surface area contributed by atoms with Gasteiger partial charge in [0.15, 0.2) is 0 Å². The predicted octanol–water partition coefficient (Wildman–Crippen LogP) is 0.189. The molecule has 8 heteroatoms. The first kappa shape index (κ1) is 17.4. The van der Waals surface area contributed by atoms with Crippen LogP contribution in [0.2, 0.25) is 0 Å². The number of carbonyl (C=O) groups is 1. The smallest absolute Gasteiger partial charge is 0.280 e. The summed E-state index contributed by atoms with van der Waals surface area (Å²) >= 11 is 0. The number of rotatable bonds is 6. The lowest BCUT2D eigenvalue weighted by Crippen LogP contribution is -2.50.